The number of para-hydroxylation sites is 2. The number of nitrogens with zero attached hydrogens (tertiary/aromatic N) is 2. The summed E-state index contributed by atoms with van der Waals surface area (Å²) in [6, 6.07) is 13.5. The van der Waals surface area contributed by atoms with Crippen LogP contribution in [0.1, 0.15) is 17.0 Å². The molecular weight excluding hydrogens is 361 g/mol. The van der Waals surface area contributed by atoms with E-state index >= 15 is 0 Å². The third kappa shape index (κ3) is 4.62. The number of hydrogen-bond donors (Lipinski definition) is 1. The minimum Gasteiger partial charge on any atom is -0.483 e. The molecule has 0 saturated carbocycles. The molecule has 0 aliphatic carbocycles. The van der Waals surface area contributed by atoms with Crippen LogP contribution in [0.4, 0.5) is 10.1 Å². The Morgan fingerprint density at radius 1 is 0.964 bits per heavy atom. The largest absolute Gasteiger partial charge is 0.483 e. The maximum atomic E-state index is 13.7. The zero-order chi connectivity index (χ0) is 20.1. The first kappa shape index (κ1) is 19.3. The molecule has 0 radical (unpaired) electrons. The lowest BCUT2D eigenvalue weighted by atomic mass is 10.2. The number of nitrogens with one attached hydrogen (secondary N) is 1. The van der Waals surface area contributed by atoms with Gasteiger partial charge in [-0.2, -0.15) is 9.97 Å². The molecule has 3 aromatic rings. The molecule has 6 nitrogen and oxygen atoms in total. The fourth-order valence-electron chi connectivity index (χ4n) is 2.58. The van der Waals surface area contributed by atoms with Crippen LogP contribution in [0.15, 0.2) is 48.5 Å². The van der Waals surface area contributed by atoms with Gasteiger partial charge in [0, 0.05) is 0 Å². The lowest BCUT2D eigenvalue weighted by Gasteiger charge is -2.13. The van der Waals surface area contributed by atoms with Crippen LogP contribution in [-0.4, -0.2) is 22.5 Å². The zero-order valence-electron chi connectivity index (χ0n) is 15.8. The Morgan fingerprint density at radius 3 is 2.21 bits per heavy atom. The summed E-state index contributed by atoms with van der Waals surface area (Å²) in [7, 11) is 0. The fraction of sp³-hybridized carbons (Fsp3) is 0.190. The maximum Gasteiger partial charge on any atom is 0.322 e. The van der Waals surface area contributed by atoms with Gasteiger partial charge in [-0.05, 0) is 44.5 Å². The number of aromatic nitrogens is 2. The molecule has 7 heteroatoms. The predicted octanol–water partition coefficient (Wildman–Crippen LogP) is 4.35. The number of anilines is 1. The normalized spacial score (nSPS) is 10.4. The second-order valence-corrected chi connectivity index (χ2v) is 6.19. The van der Waals surface area contributed by atoms with Crippen LogP contribution >= 0.6 is 0 Å². The summed E-state index contributed by atoms with van der Waals surface area (Å²) in [4.78, 5) is 20.7. The fourth-order valence-corrected chi connectivity index (χ4v) is 2.58. The molecule has 144 valence electrons. The molecule has 0 saturated heterocycles. The highest BCUT2D eigenvalue weighted by molar-refractivity contribution is 5.92. The molecule has 0 fully saturated rings. The number of rotatable bonds is 6. The van der Waals surface area contributed by atoms with E-state index in [2.05, 4.69) is 15.3 Å². The van der Waals surface area contributed by atoms with E-state index in [0.29, 0.717) is 22.8 Å². The second-order valence-electron chi connectivity index (χ2n) is 6.19. The van der Waals surface area contributed by atoms with Gasteiger partial charge in [-0.3, -0.25) is 4.79 Å². The summed E-state index contributed by atoms with van der Waals surface area (Å²) >= 11 is 0. The smallest absolute Gasteiger partial charge is 0.322 e. The predicted molar refractivity (Wildman–Crippen MR) is 103 cm³/mol. The number of benzene rings is 2. The quantitative estimate of drug-likeness (QED) is 0.687. The van der Waals surface area contributed by atoms with Crippen molar-refractivity contribution in [2.45, 2.75) is 20.8 Å². The van der Waals surface area contributed by atoms with E-state index in [-0.39, 0.29) is 24.3 Å². The summed E-state index contributed by atoms with van der Waals surface area (Å²) in [6.07, 6.45) is 0. The van der Waals surface area contributed by atoms with Crippen molar-refractivity contribution >= 4 is 11.6 Å². The molecular formula is C21H20FN3O3. The van der Waals surface area contributed by atoms with Crippen LogP contribution < -0.4 is 14.8 Å². The number of halogens is 1. The van der Waals surface area contributed by atoms with Gasteiger partial charge in [0.05, 0.1) is 17.1 Å². The van der Waals surface area contributed by atoms with E-state index in [9.17, 15) is 9.18 Å². The van der Waals surface area contributed by atoms with Crippen molar-refractivity contribution in [3.63, 3.8) is 0 Å². The molecule has 1 amide bonds. The number of hydrogen-bond acceptors (Lipinski definition) is 5. The summed E-state index contributed by atoms with van der Waals surface area (Å²) in [5, 5.41) is 2.75. The second kappa shape index (κ2) is 8.47. The van der Waals surface area contributed by atoms with Crippen LogP contribution in [0.2, 0.25) is 0 Å². The Balaban J connectivity index is 1.68. The Kier molecular flexibility index (Phi) is 5.84. The van der Waals surface area contributed by atoms with E-state index in [1.807, 2.05) is 25.1 Å². The summed E-state index contributed by atoms with van der Waals surface area (Å²) in [5.74, 6) is -0.159. The summed E-state index contributed by atoms with van der Waals surface area (Å²) in [6.45, 7) is 5.18. The lowest BCUT2D eigenvalue weighted by molar-refractivity contribution is -0.118. The van der Waals surface area contributed by atoms with Crippen LogP contribution in [0.3, 0.4) is 0 Å². The van der Waals surface area contributed by atoms with Crippen LogP contribution in [0.5, 0.6) is 17.5 Å². The zero-order valence-corrected chi connectivity index (χ0v) is 15.8. The van der Waals surface area contributed by atoms with E-state index in [1.54, 1.807) is 32.0 Å². The molecule has 3 rings (SSSR count). The van der Waals surface area contributed by atoms with Crippen molar-refractivity contribution in [3.05, 3.63) is 71.3 Å². The third-order valence-corrected chi connectivity index (χ3v) is 4.00. The molecule has 1 N–H and O–H groups in total. The Morgan fingerprint density at radius 2 is 1.57 bits per heavy atom. The standard InChI is InChI=1S/C21H20FN3O3/c1-13-8-4-6-10-17(13)27-12-19(26)25-20-14(2)23-21(24-15(20)3)28-18-11-7-5-9-16(18)22/h4-11H,12H2,1-3H3,(H,25,26). The first-order chi connectivity index (χ1) is 13.4. The Labute approximate surface area is 162 Å². The minimum absolute atomic E-state index is 0.00857. The van der Waals surface area contributed by atoms with Gasteiger partial charge in [-0.15, -0.1) is 0 Å². The van der Waals surface area contributed by atoms with Crippen LogP contribution in [0, 0.1) is 26.6 Å². The molecule has 1 aromatic heterocycles. The van der Waals surface area contributed by atoms with Gasteiger partial charge in [-0.1, -0.05) is 30.3 Å². The highest BCUT2D eigenvalue weighted by Crippen LogP contribution is 2.25. The summed E-state index contributed by atoms with van der Waals surface area (Å²) < 4.78 is 24.7. The monoisotopic (exact) mass is 381 g/mol. The van der Waals surface area contributed by atoms with E-state index in [0.717, 1.165) is 5.56 Å². The molecule has 0 unspecified atom stereocenters. The minimum atomic E-state index is -0.507. The molecule has 0 aliphatic heterocycles. The SMILES string of the molecule is Cc1ccccc1OCC(=O)Nc1c(C)nc(Oc2ccccc2F)nc1C. The van der Waals surface area contributed by atoms with Gasteiger partial charge < -0.3 is 14.8 Å². The van der Waals surface area contributed by atoms with Gasteiger partial charge in [-0.25, -0.2) is 4.39 Å². The third-order valence-electron chi connectivity index (χ3n) is 4.00. The van der Waals surface area contributed by atoms with Gasteiger partial charge in [0.2, 0.25) is 0 Å². The van der Waals surface area contributed by atoms with Crippen LogP contribution in [0.25, 0.3) is 0 Å². The lowest BCUT2D eigenvalue weighted by Crippen LogP contribution is -2.22. The number of amides is 1. The van der Waals surface area contributed by atoms with Crippen molar-refractivity contribution < 1.29 is 18.7 Å². The van der Waals surface area contributed by atoms with Crippen molar-refractivity contribution in [1.29, 1.82) is 0 Å². The maximum absolute atomic E-state index is 13.7. The van der Waals surface area contributed by atoms with Gasteiger partial charge in [0.1, 0.15) is 5.75 Å². The van der Waals surface area contributed by atoms with E-state index in [4.69, 9.17) is 9.47 Å². The molecule has 28 heavy (non-hydrogen) atoms. The molecule has 2 aromatic carbocycles. The Bertz CT molecular complexity index is 985. The highest BCUT2D eigenvalue weighted by atomic mass is 19.1. The van der Waals surface area contributed by atoms with Crippen molar-refractivity contribution in [1.82, 2.24) is 9.97 Å². The van der Waals surface area contributed by atoms with Gasteiger partial charge in [0.25, 0.3) is 5.91 Å². The molecule has 1 heterocycles. The molecule has 0 spiro atoms. The Hall–Kier alpha value is -3.48. The van der Waals surface area contributed by atoms with E-state index < -0.39 is 5.82 Å². The van der Waals surface area contributed by atoms with Gasteiger partial charge in [0.15, 0.2) is 18.2 Å². The molecule has 0 aliphatic rings. The molecule has 0 bridgehead atoms. The first-order valence-corrected chi connectivity index (χ1v) is 8.70. The highest BCUT2D eigenvalue weighted by Gasteiger charge is 2.14. The number of aryl methyl sites for hydroxylation is 3. The topological polar surface area (TPSA) is 73.3 Å². The number of ether oxygens (including phenoxy) is 2. The van der Waals surface area contributed by atoms with Crippen molar-refractivity contribution in [2.75, 3.05) is 11.9 Å². The van der Waals surface area contributed by atoms with Gasteiger partial charge >= 0.3 is 6.01 Å². The molecule has 0 atom stereocenters. The van der Waals surface area contributed by atoms with Crippen molar-refractivity contribution in [2.24, 2.45) is 0 Å². The number of carbonyl (C=O) groups excluding carboxylic acids is 1. The average Bonchev–Trinajstić information content (AvgIpc) is 2.66. The first-order valence-electron chi connectivity index (χ1n) is 8.70. The van der Waals surface area contributed by atoms with E-state index in [1.165, 1.54) is 12.1 Å². The number of carbonyl (C=O) groups is 1. The van der Waals surface area contributed by atoms with Crippen molar-refractivity contribution in [3.8, 4) is 17.5 Å². The van der Waals surface area contributed by atoms with Crippen LogP contribution in [-0.2, 0) is 4.79 Å². The average molecular weight is 381 g/mol. The summed E-state index contributed by atoms with van der Waals surface area (Å²) in [5.41, 5.74) is 2.42.